The molecule has 0 aliphatic carbocycles. The minimum absolute atomic E-state index is 0.382. The summed E-state index contributed by atoms with van der Waals surface area (Å²) in [5, 5.41) is 0. The van der Waals surface area contributed by atoms with E-state index in [2.05, 4.69) is 65.8 Å². The van der Waals surface area contributed by atoms with Crippen LogP contribution in [0.4, 0.5) is 0 Å². The first-order valence-electron chi connectivity index (χ1n) is 9.70. The molecule has 0 amide bonds. The largest absolute Gasteiger partial charge is 0.496 e. The summed E-state index contributed by atoms with van der Waals surface area (Å²) in [7, 11) is 2.97. The number of rotatable bonds is 5. The Balaban J connectivity index is 2.01. The van der Waals surface area contributed by atoms with Crippen LogP contribution in [0.5, 0.6) is 5.75 Å². The fourth-order valence-corrected chi connectivity index (χ4v) is 3.48. The Kier molecular flexibility index (Phi) is 5.39. The van der Waals surface area contributed by atoms with E-state index in [9.17, 15) is 0 Å². The highest BCUT2D eigenvalue weighted by atomic mass is 16.7. The van der Waals surface area contributed by atoms with Crippen molar-refractivity contribution in [2.24, 2.45) is 0 Å². The molecule has 0 N–H and O–H groups in total. The van der Waals surface area contributed by atoms with Gasteiger partial charge in [-0.3, -0.25) is 0 Å². The summed E-state index contributed by atoms with van der Waals surface area (Å²) in [5.74, 6) is 0.747. The van der Waals surface area contributed by atoms with Gasteiger partial charge in [-0.15, -0.1) is 0 Å². The molecular weight excluding hydrogens is 351 g/mol. The van der Waals surface area contributed by atoms with Crippen molar-refractivity contribution in [3.63, 3.8) is 0 Å². The van der Waals surface area contributed by atoms with Gasteiger partial charge in [-0.2, -0.15) is 0 Å². The molecule has 0 radical (unpaired) electrons. The second-order valence-corrected chi connectivity index (χ2v) is 8.65. The summed E-state index contributed by atoms with van der Waals surface area (Å²) in [6.07, 6.45) is 0. The van der Waals surface area contributed by atoms with E-state index in [1.54, 1.807) is 14.2 Å². The number of benzene rings is 2. The van der Waals surface area contributed by atoms with Crippen LogP contribution in [-0.2, 0) is 19.6 Å². The lowest BCUT2D eigenvalue weighted by Crippen LogP contribution is -2.41. The first kappa shape index (κ1) is 20.9. The van der Waals surface area contributed by atoms with Crippen molar-refractivity contribution in [1.29, 1.82) is 0 Å². The third-order valence-corrected chi connectivity index (χ3v) is 6.28. The van der Waals surface area contributed by atoms with Gasteiger partial charge in [0.25, 0.3) is 0 Å². The average molecular weight is 382 g/mol. The first-order valence-corrected chi connectivity index (χ1v) is 9.70. The number of aryl methyl sites for hydroxylation is 1. The van der Waals surface area contributed by atoms with Crippen LogP contribution < -0.4 is 10.2 Å². The van der Waals surface area contributed by atoms with E-state index >= 15 is 0 Å². The molecule has 4 nitrogen and oxygen atoms in total. The van der Waals surface area contributed by atoms with E-state index in [-0.39, 0.29) is 11.2 Å². The normalized spacial score (nSPS) is 20.1. The van der Waals surface area contributed by atoms with Gasteiger partial charge in [0.1, 0.15) is 11.4 Å². The van der Waals surface area contributed by atoms with E-state index in [1.165, 1.54) is 5.56 Å². The van der Waals surface area contributed by atoms with Crippen molar-refractivity contribution in [3.05, 3.63) is 59.2 Å². The maximum Gasteiger partial charge on any atom is 0.494 e. The molecule has 5 heteroatoms. The summed E-state index contributed by atoms with van der Waals surface area (Å²) in [6.45, 7) is 12.4. The number of hydrogen-bond donors (Lipinski definition) is 0. The molecule has 3 rings (SSSR count). The summed E-state index contributed by atoms with van der Waals surface area (Å²) in [4.78, 5) is 0. The zero-order valence-electron chi connectivity index (χ0n) is 18.3. The van der Waals surface area contributed by atoms with Crippen molar-refractivity contribution in [3.8, 4) is 5.75 Å². The van der Waals surface area contributed by atoms with Gasteiger partial charge in [-0.25, -0.2) is 0 Å². The molecule has 1 saturated heterocycles. The molecule has 0 spiro atoms. The van der Waals surface area contributed by atoms with Crippen LogP contribution in [0.1, 0.15) is 51.3 Å². The Hall–Kier alpha value is -1.82. The zero-order valence-corrected chi connectivity index (χ0v) is 18.3. The van der Waals surface area contributed by atoms with Crippen LogP contribution in [-0.4, -0.2) is 32.5 Å². The minimum atomic E-state index is -0.631. The van der Waals surface area contributed by atoms with E-state index in [1.807, 2.05) is 18.2 Å². The second kappa shape index (κ2) is 7.22. The van der Waals surface area contributed by atoms with E-state index in [4.69, 9.17) is 18.8 Å². The SMILES string of the molecule is COc1cc(B2OC(C)(C)C(C)(C)O2)ccc1C(C)(OC)c1ccc(C)cc1. The van der Waals surface area contributed by atoms with Crippen LogP contribution >= 0.6 is 0 Å². The van der Waals surface area contributed by atoms with Gasteiger partial charge >= 0.3 is 7.12 Å². The Labute approximate surface area is 169 Å². The van der Waals surface area contributed by atoms with Crippen LogP contribution in [0, 0.1) is 6.92 Å². The van der Waals surface area contributed by atoms with Gasteiger partial charge in [0.2, 0.25) is 0 Å². The van der Waals surface area contributed by atoms with Gasteiger partial charge in [0.15, 0.2) is 0 Å². The molecule has 1 atom stereocenters. The number of ether oxygens (including phenoxy) is 2. The molecule has 0 bridgehead atoms. The summed E-state index contributed by atoms with van der Waals surface area (Å²) in [6, 6.07) is 14.5. The standard InChI is InChI=1S/C23H31BO4/c1-16-9-11-17(12-10-16)23(6,26-8)19-14-13-18(15-20(19)25-7)24-27-21(2,3)22(4,5)28-24/h9-15H,1-8H3. The van der Waals surface area contributed by atoms with Crippen molar-refractivity contribution < 1.29 is 18.8 Å². The van der Waals surface area contributed by atoms with Crippen molar-refractivity contribution in [2.75, 3.05) is 14.2 Å². The predicted octanol–water partition coefficient (Wildman–Crippen LogP) is 4.21. The fourth-order valence-electron chi connectivity index (χ4n) is 3.48. The molecule has 1 heterocycles. The molecule has 28 heavy (non-hydrogen) atoms. The number of hydrogen-bond acceptors (Lipinski definition) is 4. The smallest absolute Gasteiger partial charge is 0.494 e. The Bertz CT molecular complexity index is 828. The molecule has 0 saturated carbocycles. The van der Waals surface area contributed by atoms with Gasteiger partial charge in [0, 0.05) is 12.7 Å². The Morgan fingerprint density at radius 2 is 1.46 bits per heavy atom. The summed E-state index contributed by atoms with van der Waals surface area (Å²) < 4.78 is 24.1. The zero-order chi connectivity index (χ0) is 20.7. The third kappa shape index (κ3) is 3.47. The average Bonchev–Trinajstić information content (AvgIpc) is 2.88. The number of methoxy groups -OCH3 is 2. The molecule has 1 aliphatic heterocycles. The minimum Gasteiger partial charge on any atom is -0.496 e. The molecule has 1 fully saturated rings. The van der Waals surface area contributed by atoms with Crippen molar-refractivity contribution in [1.82, 2.24) is 0 Å². The van der Waals surface area contributed by atoms with E-state index in [0.717, 1.165) is 22.3 Å². The van der Waals surface area contributed by atoms with Crippen LogP contribution in [0.15, 0.2) is 42.5 Å². The van der Waals surface area contributed by atoms with E-state index < -0.39 is 12.7 Å². The highest BCUT2D eigenvalue weighted by molar-refractivity contribution is 6.62. The lowest BCUT2D eigenvalue weighted by Gasteiger charge is -2.32. The van der Waals surface area contributed by atoms with Crippen molar-refractivity contribution in [2.45, 2.75) is 58.3 Å². The van der Waals surface area contributed by atoms with Gasteiger partial charge in [-0.05, 0) is 58.6 Å². The Morgan fingerprint density at radius 1 is 0.893 bits per heavy atom. The van der Waals surface area contributed by atoms with Crippen LogP contribution in [0.3, 0.4) is 0 Å². The molecule has 2 aromatic rings. The monoisotopic (exact) mass is 382 g/mol. The lowest BCUT2D eigenvalue weighted by atomic mass is 9.77. The van der Waals surface area contributed by atoms with Gasteiger partial charge in [0.05, 0.1) is 18.3 Å². The van der Waals surface area contributed by atoms with Crippen LogP contribution in [0.2, 0.25) is 0 Å². The Morgan fingerprint density at radius 3 is 1.96 bits per heavy atom. The highest BCUT2D eigenvalue weighted by Gasteiger charge is 2.52. The highest BCUT2D eigenvalue weighted by Crippen LogP contribution is 2.40. The summed E-state index contributed by atoms with van der Waals surface area (Å²) >= 11 is 0. The second-order valence-electron chi connectivity index (χ2n) is 8.65. The predicted molar refractivity (Wildman–Crippen MR) is 113 cm³/mol. The first-order chi connectivity index (χ1) is 13.0. The molecule has 0 aromatic heterocycles. The topological polar surface area (TPSA) is 36.9 Å². The molecule has 150 valence electrons. The maximum atomic E-state index is 6.19. The van der Waals surface area contributed by atoms with Crippen molar-refractivity contribution >= 4 is 12.6 Å². The molecular formula is C23H31BO4. The van der Waals surface area contributed by atoms with E-state index in [0.29, 0.717) is 0 Å². The molecule has 1 unspecified atom stereocenters. The fraction of sp³-hybridized carbons (Fsp3) is 0.478. The lowest BCUT2D eigenvalue weighted by molar-refractivity contribution is 0.00578. The van der Waals surface area contributed by atoms with Gasteiger partial charge < -0.3 is 18.8 Å². The molecule has 2 aromatic carbocycles. The van der Waals surface area contributed by atoms with Crippen LogP contribution in [0.25, 0.3) is 0 Å². The molecule has 1 aliphatic rings. The summed E-state index contributed by atoms with van der Waals surface area (Å²) in [5.41, 5.74) is 2.78. The third-order valence-electron chi connectivity index (χ3n) is 6.28. The maximum absolute atomic E-state index is 6.19. The quantitative estimate of drug-likeness (QED) is 0.726. The van der Waals surface area contributed by atoms with Gasteiger partial charge in [-0.1, -0.05) is 42.0 Å².